The molecule has 4 atom stereocenters. The molecule has 3 aliphatic rings. The Morgan fingerprint density at radius 1 is 1.23 bits per heavy atom. The number of Topliss-reactive ketones (excluding diaryl/α,β-unsaturated/α-hetero) is 2. The predicted molar refractivity (Wildman–Crippen MR) is 144 cm³/mol. The van der Waals surface area contributed by atoms with E-state index in [4.69, 9.17) is 5.73 Å². The minimum Gasteiger partial charge on any atom is -0.510 e. The Morgan fingerprint density at radius 2 is 1.87 bits per heavy atom. The number of nitrogens with zero attached hydrogens (tertiary/aromatic N) is 2. The molecule has 1 aromatic rings. The molecule has 0 aliphatic heterocycles. The van der Waals surface area contributed by atoms with E-state index in [1.54, 1.807) is 20.2 Å². The Morgan fingerprint density at radius 3 is 2.41 bits per heavy atom. The maximum absolute atomic E-state index is 14.0. The first-order valence-corrected chi connectivity index (χ1v) is 13.0. The number of aliphatic hydroxyl groups excluding tert-OH is 2. The number of ketones is 2. The van der Waals surface area contributed by atoms with Gasteiger partial charge in [0.1, 0.15) is 22.8 Å². The number of aliphatic hydroxyl groups is 3. The Kier molecular flexibility index (Phi) is 7.26. The van der Waals surface area contributed by atoms with Crippen LogP contribution in [0.3, 0.4) is 0 Å². The molecule has 0 spiro atoms. The van der Waals surface area contributed by atoms with Crippen LogP contribution in [0.2, 0.25) is 0 Å². The second kappa shape index (κ2) is 9.93. The summed E-state index contributed by atoms with van der Waals surface area (Å²) in [5.41, 5.74) is 3.89. The van der Waals surface area contributed by atoms with Gasteiger partial charge in [-0.25, -0.2) is 0 Å². The van der Waals surface area contributed by atoms with E-state index in [0.717, 1.165) is 5.56 Å². The van der Waals surface area contributed by atoms with Gasteiger partial charge in [0.2, 0.25) is 5.78 Å². The third-order valence-corrected chi connectivity index (χ3v) is 8.34. The largest absolute Gasteiger partial charge is 0.510 e. The number of carbonyl (C=O) groups excluding carboxylic acids is 3. The summed E-state index contributed by atoms with van der Waals surface area (Å²) in [6, 6.07) is 0.885. The number of fused-ring (bicyclic) bond motifs is 3. The molecule has 0 fully saturated rings. The number of carbonyl (C=O) groups is 3. The van der Waals surface area contributed by atoms with Gasteiger partial charge in [-0.2, -0.15) is 0 Å². The molecular weight excluding hydrogens is 502 g/mol. The van der Waals surface area contributed by atoms with Crippen LogP contribution in [-0.2, 0) is 22.6 Å². The Labute approximate surface area is 227 Å². The number of rotatable bonds is 7. The summed E-state index contributed by atoms with van der Waals surface area (Å²) < 4.78 is 0. The van der Waals surface area contributed by atoms with Crippen LogP contribution in [0.4, 0.5) is 0 Å². The van der Waals surface area contributed by atoms with Gasteiger partial charge in [-0.05, 0) is 56.9 Å². The van der Waals surface area contributed by atoms with Crippen molar-refractivity contribution in [2.45, 2.75) is 50.8 Å². The van der Waals surface area contributed by atoms with Gasteiger partial charge in [0.15, 0.2) is 11.4 Å². The molecule has 0 heterocycles. The quantitative estimate of drug-likeness (QED) is 0.257. The molecular formula is C29H37N3O7. The minimum absolute atomic E-state index is 0.0196. The van der Waals surface area contributed by atoms with E-state index in [-0.39, 0.29) is 35.6 Å². The topological polar surface area (TPSA) is 165 Å². The van der Waals surface area contributed by atoms with Gasteiger partial charge in [-0.3, -0.25) is 24.2 Å². The summed E-state index contributed by atoms with van der Waals surface area (Å²) in [6.45, 7) is 8.62. The van der Waals surface area contributed by atoms with Gasteiger partial charge in [0.05, 0.1) is 11.6 Å². The molecule has 1 amide bonds. The number of aromatic hydroxyl groups is 1. The average molecular weight is 540 g/mol. The summed E-state index contributed by atoms with van der Waals surface area (Å²) in [5, 5.41) is 45.4. The van der Waals surface area contributed by atoms with Crippen LogP contribution >= 0.6 is 0 Å². The normalized spacial score (nSPS) is 26.7. The van der Waals surface area contributed by atoms with Crippen molar-refractivity contribution < 1.29 is 34.8 Å². The molecule has 0 unspecified atom stereocenters. The lowest BCUT2D eigenvalue weighted by molar-refractivity contribution is -0.148. The molecule has 0 saturated carbocycles. The van der Waals surface area contributed by atoms with Crippen molar-refractivity contribution in [3.8, 4) is 5.75 Å². The van der Waals surface area contributed by atoms with E-state index in [9.17, 15) is 34.8 Å². The first-order chi connectivity index (χ1) is 18.2. The van der Waals surface area contributed by atoms with Gasteiger partial charge < -0.3 is 26.2 Å². The number of hydrogen-bond donors (Lipinski definition) is 5. The number of phenols is 1. The molecule has 10 nitrogen and oxygen atoms in total. The second-order valence-corrected chi connectivity index (χ2v) is 11.4. The van der Waals surface area contributed by atoms with Crippen molar-refractivity contribution in [2.24, 2.45) is 17.6 Å². The van der Waals surface area contributed by atoms with Gasteiger partial charge in [-0.15, -0.1) is 6.58 Å². The zero-order valence-corrected chi connectivity index (χ0v) is 23.0. The third-order valence-electron chi connectivity index (χ3n) is 8.34. The molecule has 0 bridgehead atoms. The molecule has 0 saturated heterocycles. The number of likely N-dealkylation sites (N-methyl/N-ethyl adjacent to an activating group) is 2. The monoisotopic (exact) mass is 539 g/mol. The average Bonchev–Trinajstić information content (AvgIpc) is 2.82. The van der Waals surface area contributed by atoms with Crippen molar-refractivity contribution in [1.29, 1.82) is 0 Å². The lowest BCUT2D eigenvalue weighted by Gasteiger charge is -2.50. The molecule has 1 aromatic carbocycles. The van der Waals surface area contributed by atoms with Crippen LogP contribution in [0.5, 0.6) is 5.75 Å². The van der Waals surface area contributed by atoms with Crippen LogP contribution in [0, 0.1) is 11.8 Å². The van der Waals surface area contributed by atoms with E-state index >= 15 is 0 Å². The molecule has 210 valence electrons. The van der Waals surface area contributed by atoms with Gasteiger partial charge in [0, 0.05) is 30.1 Å². The molecule has 3 aliphatic carbocycles. The maximum Gasteiger partial charge on any atom is 0.255 e. The van der Waals surface area contributed by atoms with Crippen LogP contribution < -0.4 is 5.73 Å². The van der Waals surface area contributed by atoms with E-state index in [1.165, 1.54) is 4.90 Å². The van der Waals surface area contributed by atoms with Crippen molar-refractivity contribution >= 4 is 17.5 Å². The smallest absolute Gasteiger partial charge is 0.255 e. The van der Waals surface area contributed by atoms with Crippen LogP contribution in [0.1, 0.15) is 53.2 Å². The fourth-order valence-electron chi connectivity index (χ4n) is 6.62. The summed E-state index contributed by atoms with van der Waals surface area (Å²) in [4.78, 5) is 43.1. The van der Waals surface area contributed by atoms with Gasteiger partial charge in [-0.1, -0.05) is 26.0 Å². The molecule has 39 heavy (non-hydrogen) atoms. The summed E-state index contributed by atoms with van der Waals surface area (Å²) >= 11 is 0. The van der Waals surface area contributed by atoms with Crippen LogP contribution in [-0.4, -0.2) is 87.0 Å². The van der Waals surface area contributed by atoms with Gasteiger partial charge in [0.25, 0.3) is 5.91 Å². The molecule has 6 N–H and O–H groups in total. The maximum atomic E-state index is 14.0. The minimum atomic E-state index is -2.65. The fourth-order valence-corrected chi connectivity index (χ4v) is 6.62. The molecule has 0 radical (unpaired) electrons. The number of benzene rings is 1. The summed E-state index contributed by atoms with van der Waals surface area (Å²) in [7, 11) is 5.06. The Hall–Kier alpha value is -3.47. The zero-order chi connectivity index (χ0) is 29.1. The predicted octanol–water partition coefficient (Wildman–Crippen LogP) is 1.86. The van der Waals surface area contributed by atoms with Crippen LogP contribution in [0.15, 0.2) is 41.4 Å². The van der Waals surface area contributed by atoms with E-state index in [2.05, 4.69) is 6.58 Å². The van der Waals surface area contributed by atoms with Crippen molar-refractivity contribution in [3.63, 3.8) is 0 Å². The van der Waals surface area contributed by atoms with Crippen molar-refractivity contribution in [3.05, 3.63) is 63.6 Å². The number of primary amides is 1. The highest BCUT2D eigenvalue weighted by Gasteiger charge is 2.63. The molecule has 4 rings (SSSR count). The third kappa shape index (κ3) is 4.18. The number of nitrogens with two attached hydrogens (primary N) is 1. The van der Waals surface area contributed by atoms with Crippen molar-refractivity contribution in [2.75, 3.05) is 27.7 Å². The molecule has 0 aromatic heterocycles. The SMILES string of the molecule is C=CCN(C)Cc1cc(C(C)C)c2c(c1O)C(=O)C1=C(O)[C@]3(O)C(=O)C(C(N)=O)=C(O)[C@@H](N(C)C)[C@@H]3C[C@@H]1C2. The highest BCUT2D eigenvalue weighted by atomic mass is 16.3. The first kappa shape index (κ1) is 28.5. The summed E-state index contributed by atoms with van der Waals surface area (Å²) in [6.07, 6.45) is 2.07. The van der Waals surface area contributed by atoms with Crippen molar-refractivity contribution in [1.82, 2.24) is 9.80 Å². The van der Waals surface area contributed by atoms with E-state index in [1.807, 2.05) is 31.9 Å². The summed E-state index contributed by atoms with van der Waals surface area (Å²) in [5.74, 6) is -6.44. The van der Waals surface area contributed by atoms with Crippen LogP contribution in [0.25, 0.3) is 0 Å². The van der Waals surface area contributed by atoms with Gasteiger partial charge >= 0.3 is 0 Å². The number of amides is 1. The second-order valence-electron chi connectivity index (χ2n) is 11.4. The number of allylic oxidation sites excluding steroid dienone is 1. The van der Waals surface area contributed by atoms with E-state index < -0.39 is 58.0 Å². The first-order valence-electron chi connectivity index (χ1n) is 13.0. The zero-order valence-electron chi connectivity index (χ0n) is 23.0. The Balaban J connectivity index is 1.95. The highest BCUT2D eigenvalue weighted by molar-refractivity contribution is 6.24. The number of hydrogen-bond acceptors (Lipinski definition) is 9. The Bertz CT molecular complexity index is 1340. The molecule has 10 heteroatoms. The fraction of sp³-hybridized carbons (Fsp3) is 0.483. The highest BCUT2D eigenvalue weighted by Crippen LogP contribution is 2.53. The number of phenolic OH excluding ortho intramolecular Hbond substituents is 1. The lowest BCUT2D eigenvalue weighted by Crippen LogP contribution is -2.63. The lowest BCUT2D eigenvalue weighted by atomic mass is 9.58. The van der Waals surface area contributed by atoms with E-state index in [0.29, 0.717) is 24.2 Å². The standard InChI is InChI=1S/C29H37N3O7/c1-7-8-32(6)12-15-10-16(13(2)3)17-9-14-11-18-22(31(4)5)25(35)21(28(30)38)27(37)29(18,39)26(36)19(14)24(34)20(17)23(15)33/h7,10,13-14,18,22,33,35-36,39H,1,8-9,11-12H2,2-6H3,(H2,30,38)/t14-,18-,22-,29-/m0/s1.